The Kier molecular flexibility index (Phi) is 4.11. The number of aliphatic hydroxyl groups is 1. The van der Waals surface area contributed by atoms with E-state index in [0.29, 0.717) is 5.82 Å². The molecule has 1 aromatic heterocycles. The molecule has 1 aliphatic heterocycles. The Bertz CT molecular complexity index is 342. The summed E-state index contributed by atoms with van der Waals surface area (Å²) in [5.74, 6) is 1.33. The predicted molar refractivity (Wildman–Crippen MR) is 66.8 cm³/mol. The van der Waals surface area contributed by atoms with Crippen molar-refractivity contribution in [2.45, 2.75) is 6.42 Å². The summed E-state index contributed by atoms with van der Waals surface area (Å²) in [4.78, 5) is 12.8. The Hall–Kier alpha value is -1.40. The third kappa shape index (κ3) is 3.28. The molecule has 1 aromatic rings. The van der Waals surface area contributed by atoms with Crippen LogP contribution >= 0.6 is 0 Å². The van der Waals surface area contributed by atoms with Crippen LogP contribution in [0.4, 0.5) is 11.6 Å². The molecule has 0 aromatic carbocycles. The summed E-state index contributed by atoms with van der Waals surface area (Å²) in [7, 11) is 0. The lowest BCUT2D eigenvalue weighted by molar-refractivity contribution is 0.204. The van der Waals surface area contributed by atoms with Gasteiger partial charge in [-0.25, -0.2) is 9.97 Å². The van der Waals surface area contributed by atoms with Crippen LogP contribution in [0.25, 0.3) is 0 Å². The van der Waals surface area contributed by atoms with Crippen LogP contribution in [-0.2, 0) is 0 Å². The maximum absolute atomic E-state index is 8.93. The molecule has 6 nitrogen and oxygen atoms in total. The van der Waals surface area contributed by atoms with E-state index in [1.807, 2.05) is 0 Å². The number of β-amino-alcohol motifs (C(OH)–C–C–N with tert-alkyl or cyclic N) is 1. The van der Waals surface area contributed by atoms with Crippen LogP contribution in [0.2, 0.25) is 0 Å². The molecule has 0 saturated carbocycles. The van der Waals surface area contributed by atoms with Crippen LogP contribution < -0.4 is 10.6 Å². The first-order chi connectivity index (χ1) is 8.29. The zero-order valence-electron chi connectivity index (χ0n) is 9.92. The first-order valence-electron chi connectivity index (χ1n) is 5.95. The fourth-order valence-electron chi connectivity index (χ4n) is 2.06. The number of rotatable bonds is 3. The van der Waals surface area contributed by atoms with E-state index in [1.165, 1.54) is 0 Å². The minimum Gasteiger partial charge on any atom is -0.395 e. The quantitative estimate of drug-likeness (QED) is 0.742. The number of hydrogen-bond acceptors (Lipinski definition) is 6. The van der Waals surface area contributed by atoms with E-state index in [9.17, 15) is 0 Å². The van der Waals surface area contributed by atoms with E-state index in [0.717, 1.165) is 45.0 Å². The molecule has 0 amide bonds. The zero-order valence-corrected chi connectivity index (χ0v) is 9.92. The molecule has 1 saturated heterocycles. The van der Waals surface area contributed by atoms with Crippen molar-refractivity contribution < 1.29 is 5.11 Å². The Balaban J connectivity index is 1.96. The maximum Gasteiger partial charge on any atom is 0.147 e. The van der Waals surface area contributed by atoms with Crippen LogP contribution in [0, 0.1) is 0 Å². The van der Waals surface area contributed by atoms with E-state index >= 15 is 0 Å². The van der Waals surface area contributed by atoms with Gasteiger partial charge in [-0.1, -0.05) is 0 Å². The zero-order chi connectivity index (χ0) is 12.1. The van der Waals surface area contributed by atoms with Crippen molar-refractivity contribution in [3.05, 3.63) is 12.4 Å². The number of aliphatic hydroxyl groups excluding tert-OH is 1. The summed E-state index contributed by atoms with van der Waals surface area (Å²) in [6.07, 6.45) is 4.38. The van der Waals surface area contributed by atoms with Gasteiger partial charge in [-0.05, 0) is 13.0 Å². The lowest BCUT2D eigenvalue weighted by Gasteiger charge is -2.21. The molecule has 1 fully saturated rings. The van der Waals surface area contributed by atoms with Gasteiger partial charge in [-0.3, -0.25) is 4.90 Å². The highest BCUT2D eigenvalue weighted by Gasteiger charge is 2.15. The molecule has 0 bridgehead atoms. The number of anilines is 2. The van der Waals surface area contributed by atoms with Gasteiger partial charge in [-0.2, -0.15) is 0 Å². The fraction of sp³-hybridized carbons (Fsp3) is 0.636. The normalized spacial score (nSPS) is 18.1. The maximum atomic E-state index is 8.93. The summed E-state index contributed by atoms with van der Waals surface area (Å²) in [5.41, 5.74) is 5.52. The van der Waals surface area contributed by atoms with Gasteiger partial charge in [0.2, 0.25) is 0 Å². The second kappa shape index (κ2) is 5.79. The van der Waals surface area contributed by atoms with Crippen LogP contribution in [0.1, 0.15) is 6.42 Å². The van der Waals surface area contributed by atoms with Crippen molar-refractivity contribution >= 4 is 11.6 Å². The lowest BCUT2D eigenvalue weighted by atomic mass is 10.4. The van der Waals surface area contributed by atoms with Crippen LogP contribution in [0.15, 0.2) is 12.4 Å². The minimum absolute atomic E-state index is 0.224. The fourth-order valence-corrected chi connectivity index (χ4v) is 2.06. The van der Waals surface area contributed by atoms with E-state index in [1.54, 1.807) is 12.4 Å². The highest BCUT2D eigenvalue weighted by atomic mass is 16.3. The molecular weight excluding hydrogens is 218 g/mol. The van der Waals surface area contributed by atoms with E-state index in [4.69, 9.17) is 10.8 Å². The van der Waals surface area contributed by atoms with Gasteiger partial charge < -0.3 is 15.7 Å². The van der Waals surface area contributed by atoms with E-state index < -0.39 is 0 Å². The summed E-state index contributed by atoms with van der Waals surface area (Å²) in [6, 6.07) is 0. The first-order valence-corrected chi connectivity index (χ1v) is 5.95. The van der Waals surface area contributed by atoms with Crippen molar-refractivity contribution in [3.8, 4) is 0 Å². The average Bonchev–Trinajstić information content (AvgIpc) is 2.56. The third-order valence-corrected chi connectivity index (χ3v) is 2.99. The van der Waals surface area contributed by atoms with Gasteiger partial charge in [-0.15, -0.1) is 0 Å². The molecule has 0 aliphatic carbocycles. The van der Waals surface area contributed by atoms with Crippen molar-refractivity contribution in [1.82, 2.24) is 14.9 Å². The van der Waals surface area contributed by atoms with Gasteiger partial charge in [0.1, 0.15) is 11.6 Å². The van der Waals surface area contributed by atoms with E-state index in [-0.39, 0.29) is 6.61 Å². The molecular formula is C11H19N5O. The molecule has 0 radical (unpaired) electrons. The summed E-state index contributed by atoms with van der Waals surface area (Å²) < 4.78 is 0. The summed E-state index contributed by atoms with van der Waals surface area (Å²) in [6.45, 7) is 4.84. The number of hydrogen-bond donors (Lipinski definition) is 2. The number of nitrogens with two attached hydrogens (primary N) is 1. The smallest absolute Gasteiger partial charge is 0.147 e. The van der Waals surface area contributed by atoms with Gasteiger partial charge >= 0.3 is 0 Å². The van der Waals surface area contributed by atoms with Crippen molar-refractivity contribution in [1.29, 1.82) is 0 Å². The molecule has 1 aliphatic rings. The third-order valence-electron chi connectivity index (χ3n) is 2.99. The predicted octanol–water partition coefficient (Wildman–Crippen LogP) is -0.437. The van der Waals surface area contributed by atoms with Gasteiger partial charge in [0, 0.05) is 26.2 Å². The number of nitrogens with zero attached hydrogens (tertiary/aromatic N) is 4. The molecule has 0 spiro atoms. The number of aromatic nitrogens is 2. The second-order valence-electron chi connectivity index (χ2n) is 4.21. The van der Waals surface area contributed by atoms with Gasteiger partial charge in [0.15, 0.2) is 0 Å². The Morgan fingerprint density at radius 3 is 2.76 bits per heavy atom. The minimum atomic E-state index is 0.224. The Labute approximate surface area is 101 Å². The summed E-state index contributed by atoms with van der Waals surface area (Å²) in [5, 5.41) is 8.93. The highest BCUT2D eigenvalue weighted by Crippen LogP contribution is 2.12. The highest BCUT2D eigenvalue weighted by molar-refractivity contribution is 5.39. The standard InChI is InChI=1S/C11H19N5O/c12-10-8-14-11(9-13-10)16-3-1-2-15(4-5-16)6-7-17/h8-9,17H,1-7H2,(H2,12,13). The largest absolute Gasteiger partial charge is 0.395 e. The molecule has 0 atom stereocenters. The average molecular weight is 237 g/mol. The SMILES string of the molecule is Nc1cnc(N2CCCN(CCO)CC2)cn1. The molecule has 0 unspecified atom stereocenters. The number of nitrogen functional groups attached to an aromatic ring is 1. The molecule has 2 heterocycles. The molecule has 2 rings (SSSR count). The Morgan fingerprint density at radius 1 is 1.18 bits per heavy atom. The monoisotopic (exact) mass is 237 g/mol. The van der Waals surface area contributed by atoms with Crippen molar-refractivity contribution in [3.63, 3.8) is 0 Å². The molecule has 3 N–H and O–H groups in total. The summed E-state index contributed by atoms with van der Waals surface area (Å²) >= 11 is 0. The van der Waals surface area contributed by atoms with E-state index in [2.05, 4.69) is 19.8 Å². The molecule has 17 heavy (non-hydrogen) atoms. The van der Waals surface area contributed by atoms with Gasteiger partial charge in [0.25, 0.3) is 0 Å². The molecule has 94 valence electrons. The van der Waals surface area contributed by atoms with Crippen LogP contribution in [-0.4, -0.2) is 59.3 Å². The van der Waals surface area contributed by atoms with Crippen LogP contribution in [0.3, 0.4) is 0 Å². The van der Waals surface area contributed by atoms with Crippen molar-refractivity contribution in [2.75, 3.05) is 50.0 Å². The lowest BCUT2D eigenvalue weighted by Crippen LogP contribution is -2.32. The first kappa shape index (κ1) is 12.1. The second-order valence-corrected chi connectivity index (χ2v) is 4.21. The van der Waals surface area contributed by atoms with Crippen molar-refractivity contribution in [2.24, 2.45) is 0 Å². The van der Waals surface area contributed by atoms with Crippen LogP contribution in [0.5, 0.6) is 0 Å². The molecule has 6 heteroatoms. The van der Waals surface area contributed by atoms with Gasteiger partial charge in [0.05, 0.1) is 19.0 Å². The topological polar surface area (TPSA) is 78.5 Å². The Morgan fingerprint density at radius 2 is 2.06 bits per heavy atom.